The van der Waals surface area contributed by atoms with Gasteiger partial charge in [0.05, 0.1) is 11.5 Å². The van der Waals surface area contributed by atoms with E-state index in [1.54, 1.807) is 26.2 Å². The van der Waals surface area contributed by atoms with E-state index in [-0.39, 0.29) is 17.5 Å². The summed E-state index contributed by atoms with van der Waals surface area (Å²) in [6, 6.07) is 6.23. The topological polar surface area (TPSA) is 75.6 Å². The van der Waals surface area contributed by atoms with Crippen molar-refractivity contribution in [3.05, 3.63) is 29.8 Å². The van der Waals surface area contributed by atoms with Gasteiger partial charge in [-0.3, -0.25) is 0 Å². The zero-order valence-electron chi connectivity index (χ0n) is 12.3. The molecule has 1 rings (SSSR count). The minimum atomic E-state index is -3.57. The first-order valence-electron chi connectivity index (χ1n) is 6.70. The molecular formula is C15H21NO4S. The van der Waals surface area contributed by atoms with Crippen molar-refractivity contribution in [3.8, 4) is 11.8 Å². The Balaban J connectivity index is 2.84. The first-order chi connectivity index (χ1) is 9.99. The molecule has 1 aromatic rings. The lowest BCUT2D eigenvalue weighted by Gasteiger charge is -2.13. The number of ether oxygens (including phenoxy) is 1. The third-order valence-corrected chi connectivity index (χ3v) is 4.31. The predicted molar refractivity (Wildman–Crippen MR) is 81.3 cm³/mol. The van der Waals surface area contributed by atoms with Crippen molar-refractivity contribution < 1.29 is 18.3 Å². The molecule has 5 nitrogen and oxygen atoms in total. The normalized spacial score (nSPS) is 12.5. The van der Waals surface area contributed by atoms with E-state index >= 15 is 0 Å². The van der Waals surface area contributed by atoms with Crippen LogP contribution >= 0.6 is 0 Å². The largest absolute Gasteiger partial charge is 0.395 e. The quantitative estimate of drug-likeness (QED) is 0.740. The van der Waals surface area contributed by atoms with Gasteiger partial charge in [-0.15, -0.1) is 0 Å². The average molecular weight is 311 g/mol. The summed E-state index contributed by atoms with van der Waals surface area (Å²) in [4.78, 5) is 0.183. The third-order valence-electron chi connectivity index (χ3n) is 2.73. The molecule has 0 bridgehead atoms. The van der Waals surface area contributed by atoms with Crippen LogP contribution in [0, 0.1) is 11.8 Å². The molecule has 0 aliphatic carbocycles. The number of hydrogen-bond donors (Lipinski definition) is 2. The second-order valence-corrected chi connectivity index (χ2v) is 6.32. The fourth-order valence-corrected chi connectivity index (χ4v) is 2.97. The number of rotatable bonds is 7. The van der Waals surface area contributed by atoms with Crippen LogP contribution in [-0.2, 0) is 14.8 Å². The van der Waals surface area contributed by atoms with Crippen molar-refractivity contribution in [2.75, 3.05) is 20.3 Å². The molecule has 0 fully saturated rings. The molecule has 0 aliphatic heterocycles. The van der Waals surface area contributed by atoms with Crippen molar-refractivity contribution >= 4 is 10.0 Å². The van der Waals surface area contributed by atoms with Gasteiger partial charge < -0.3 is 9.84 Å². The number of aliphatic hydroxyl groups is 1. The zero-order chi connectivity index (χ0) is 15.7. The van der Waals surface area contributed by atoms with Gasteiger partial charge in [0, 0.05) is 31.7 Å². The standard InChI is InChI=1S/C15H21NO4S/c1-13(9-11-20-2)16-21(18,19)15-8-5-7-14(12-15)6-3-4-10-17/h5,7-8,12-13,16-17H,4,9-11H2,1-2H3. The Kier molecular flexibility index (Phi) is 7.40. The monoisotopic (exact) mass is 311 g/mol. The summed E-state index contributed by atoms with van der Waals surface area (Å²) in [5, 5.41) is 8.68. The highest BCUT2D eigenvalue weighted by Crippen LogP contribution is 2.12. The third kappa shape index (κ3) is 6.27. The lowest BCUT2D eigenvalue weighted by molar-refractivity contribution is 0.188. The SMILES string of the molecule is COCCC(C)NS(=O)(=O)c1cccc(C#CCCO)c1. The van der Waals surface area contributed by atoms with E-state index in [0.29, 0.717) is 25.0 Å². The number of methoxy groups -OCH3 is 1. The lowest BCUT2D eigenvalue weighted by atomic mass is 10.2. The van der Waals surface area contributed by atoms with Crippen LogP contribution in [0.2, 0.25) is 0 Å². The number of nitrogens with one attached hydrogen (secondary N) is 1. The molecule has 1 atom stereocenters. The van der Waals surface area contributed by atoms with Gasteiger partial charge in [0.2, 0.25) is 10.0 Å². The Hall–Kier alpha value is -1.39. The summed E-state index contributed by atoms with van der Waals surface area (Å²) in [7, 11) is -1.99. The molecule has 1 aromatic carbocycles. The number of hydrogen-bond acceptors (Lipinski definition) is 4. The fourth-order valence-electron chi connectivity index (χ4n) is 1.65. The highest BCUT2D eigenvalue weighted by Gasteiger charge is 2.17. The predicted octanol–water partition coefficient (Wildman–Crippen LogP) is 1.12. The second kappa shape index (κ2) is 8.80. The maximum Gasteiger partial charge on any atom is 0.240 e. The van der Waals surface area contributed by atoms with Crippen LogP contribution in [-0.4, -0.2) is 39.9 Å². The van der Waals surface area contributed by atoms with Crippen molar-refractivity contribution in [2.24, 2.45) is 0 Å². The Morgan fingerprint density at radius 3 is 2.86 bits per heavy atom. The van der Waals surface area contributed by atoms with E-state index in [1.165, 1.54) is 12.1 Å². The Morgan fingerprint density at radius 1 is 1.43 bits per heavy atom. The molecular weight excluding hydrogens is 290 g/mol. The number of aliphatic hydroxyl groups excluding tert-OH is 1. The Labute approximate surface area is 126 Å². The molecule has 0 amide bonds. The minimum absolute atomic E-state index is 0.0104. The van der Waals surface area contributed by atoms with E-state index in [1.807, 2.05) is 0 Å². The Bertz CT molecular complexity index is 602. The molecule has 0 saturated carbocycles. The van der Waals surface area contributed by atoms with E-state index < -0.39 is 10.0 Å². The van der Waals surface area contributed by atoms with Crippen LogP contribution in [0.5, 0.6) is 0 Å². The molecule has 0 heterocycles. The van der Waals surface area contributed by atoms with Gasteiger partial charge in [0.15, 0.2) is 0 Å². The van der Waals surface area contributed by atoms with Gasteiger partial charge in [-0.05, 0) is 31.5 Å². The maximum atomic E-state index is 12.2. The van der Waals surface area contributed by atoms with Gasteiger partial charge in [-0.25, -0.2) is 13.1 Å². The van der Waals surface area contributed by atoms with Crippen LogP contribution in [0.25, 0.3) is 0 Å². The molecule has 0 aliphatic rings. The van der Waals surface area contributed by atoms with Crippen molar-refractivity contribution in [1.82, 2.24) is 4.72 Å². The smallest absolute Gasteiger partial charge is 0.240 e. The number of sulfonamides is 1. The summed E-state index contributed by atoms with van der Waals surface area (Å²) < 4.78 is 32.0. The van der Waals surface area contributed by atoms with Crippen molar-refractivity contribution in [2.45, 2.75) is 30.7 Å². The summed E-state index contributed by atoms with van der Waals surface area (Å²) in [6.07, 6.45) is 0.967. The highest BCUT2D eigenvalue weighted by atomic mass is 32.2. The van der Waals surface area contributed by atoms with E-state index in [9.17, 15) is 8.42 Å². The molecule has 6 heteroatoms. The molecule has 21 heavy (non-hydrogen) atoms. The molecule has 0 radical (unpaired) electrons. The molecule has 1 unspecified atom stereocenters. The van der Waals surface area contributed by atoms with Gasteiger partial charge in [-0.2, -0.15) is 0 Å². The molecule has 0 aromatic heterocycles. The second-order valence-electron chi connectivity index (χ2n) is 4.61. The van der Waals surface area contributed by atoms with Gasteiger partial charge in [-0.1, -0.05) is 17.9 Å². The average Bonchev–Trinajstić information content (AvgIpc) is 2.45. The van der Waals surface area contributed by atoms with Crippen LogP contribution in [0.4, 0.5) is 0 Å². The highest BCUT2D eigenvalue weighted by molar-refractivity contribution is 7.89. The van der Waals surface area contributed by atoms with E-state index in [2.05, 4.69) is 16.6 Å². The van der Waals surface area contributed by atoms with Crippen LogP contribution in [0.15, 0.2) is 29.2 Å². The molecule has 0 saturated heterocycles. The maximum absolute atomic E-state index is 12.2. The Morgan fingerprint density at radius 2 is 2.19 bits per heavy atom. The van der Waals surface area contributed by atoms with Gasteiger partial charge >= 0.3 is 0 Å². The van der Waals surface area contributed by atoms with E-state index in [0.717, 1.165) is 0 Å². The summed E-state index contributed by atoms with van der Waals surface area (Å²) in [5.41, 5.74) is 0.607. The first kappa shape index (κ1) is 17.7. The number of benzene rings is 1. The van der Waals surface area contributed by atoms with Crippen LogP contribution in [0.1, 0.15) is 25.3 Å². The van der Waals surface area contributed by atoms with Gasteiger partial charge in [0.25, 0.3) is 0 Å². The van der Waals surface area contributed by atoms with Crippen LogP contribution in [0.3, 0.4) is 0 Å². The molecule has 2 N–H and O–H groups in total. The van der Waals surface area contributed by atoms with Gasteiger partial charge in [0.1, 0.15) is 0 Å². The first-order valence-corrected chi connectivity index (χ1v) is 8.19. The summed E-state index contributed by atoms with van der Waals surface area (Å²) in [5.74, 6) is 5.59. The van der Waals surface area contributed by atoms with Crippen molar-refractivity contribution in [1.29, 1.82) is 0 Å². The van der Waals surface area contributed by atoms with E-state index in [4.69, 9.17) is 9.84 Å². The molecule has 0 spiro atoms. The van der Waals surface area contributed by atoms with Crippen molar-refractivity contribution in [3.63, 3.8) is 0 Å². The minimum Gasteiger partial charge on any atom is -0.395 e. The zero-order valence-corrected chi connectivity index (χ0v) is 13.1. The fraction of sp³-hybridized carbons (Fsp3) is 0.467. The molecule has 116 valence electrons. The van der Waals surface area contributed by atoms with Crippen LogP contribution < -0.4 is 4.72 Å². The lowest BCUT2D eigenvalue weighted by Crippen LogP contribution is -2.33. The summed E-state index contributed by atoms with van der Waals surface area (Å²) >= 11 is 0. The summed E-state index contributed by atoms with van der Waals surface area (Å²) in [6.45, 7) is 2.28.